The third-order valence-electron chi connectivity index (χ3n) is 11.8. The van der Waals surface area contributed by atoms with Crippen LogP contribution in [-0.4, -0.2) is 112 Å². The lowest BCUT2D eigenvalue weighted by atomic mass is 9.58. The van der Waals surface area contributed by atoms with E-state index in [1.807, 2.05) is 9.80 Å². The zero-order chi connectivity index (χ0) is 34.2. The summed E-state index contributed by atoms with van der Waals surface area (Å²) in [6.45, 7) is 10.6. The van der Waals surface area contributed by atoms with E-state index in [-0.39, 0.29) is 35.3 Å². The molecule has 0 aromatic heterocycles. The SMILES string of the molecule is CCN1CCc2cc(OC)c(OC)cc2C1C1CC(C(=O)N2CCN(C(=N)N)CC2)CCC12c1cc(OC)c(OC)cc1CCN2CC. The Morgan fingerprint density at radius 2 is 1.40 bits per heavy atom. The number of hydrogen-bond donors (Lipinski definition) is 2. The van der Waals surface area contributed by atoms with Gasteiger partial charge in [0.25, 0.3) is 0 Å². The van der Waals surface area contributed by atoms with Crippen LogP contribution in [0.4, 0.5) is 0 Å². The minimum absolute atomic E-state index is 0.0665. The number of rotatable bonds is 8. The number of methoxy groups -OCH3 is 4. The normalized spacial score (nSPS) is 26.1. The number of likely N-dealkylation sites (N-methyl/N-ethyl adjacent to an activating group) is 2. The molecule has 0 radical (unpaired) electrons. The van der Waals surface area contributed by atoms with Gasteiger partial charge in [-0.15, -0.1) is 0 Å². The second-order valence-corrected chi connectivity index (χ2v) is 13.6. The zero-order valence-corrected chi connectivity index (χ0v) is 29.6. The fourth-order valence-corrected chi connectivity index (χ4v) is 9.42. The van der Waals surface area contributed by atoms with Crippen molar-refractivity contribution < 1.29 is 23.7 Å². The van der Waals surface area contributed by atoms with Gasteiger partial charge in [0.2, 0.25) is 5.91 Å². The molecule has 11 heteroatoms. The summed E-state index contributed by atoms with van der Waals surface area (Å²) in [4.78, 5) is 23.6. The lowest BCUT2D eigenvalue weighted by Gasteiger charge is -2.60. The summed E-state index contributed by atoms with van der Waals surface area (Å²) in [6, 6.07) is 8.86. The van der Waals surface area contributed by atoms with Gasteiger partial charge in [0.05, 0.1) is 34.0 Å². The number of nitrogens with one attached hydrogen (secondary N) is 1. The van der Waals surface area contributed by atoms with E-state index in [9.17, 15) is 4.79 Å². The summed E-state index contributed by atoms with van der Waals surface area (Å²) >= 11 is 0. The van der Waals surface area contributed by atoms with Crippen LogP contribution < -0.4 is 24.7 Å². The van der Waals surface area contributed by atoms with Crippen molar-refractivity contribution in [1.29, 1.82) is 5.41 Å². The van der Waals surface area contributed by atoms with Crippen LogP contribution in [0.2, 0.25) is 0 Å². The molecule has 1 spiro atoms. The van der Waals surface area contributed by atoms with Crippen LogP contribution in [0.5, 0.6) is 23.0 Å². The Kier molecular flexibility index (Phi) is 9.99. The van der Waals surface area contributed by atoms with Crippen LogP contribution in [0, 0.1) is 17.2 Å². The van der Waals surface area contributed by atoms with E-state index in [2.05, 4.69) is 47.9 Å². The summed E-state index contributed by atoms with van der Waals surface area (Å²) in [7, 11) is 6.83. The Bertz CT molecular complexity index is 1510. The van der Waals surface area contributed by atoms with Gasteiger partial charge < -0.3 is 34.5 Å². The summed E-state index contributed by atoms with van der Waals surface area (Å²) < 4.78 is 23.4. The molecule has 2 aromatic carbocycles. The Labute approximate surface area is 285 Å². The number of fused-ring (bicyclic) bond motifs is 3. The topological polar surface area (TPSA) is 117 Å². The molecule has 6 rings (SSSR count). The van der Waals surface area contributed by atoms with Crippen molar-refractivity contribution in [2.45, 2.75) is 57.5 Å². The van der Waals surface area contributed by atoms with Gasteiger partial charge in [0.15, 0.2) is 29.0 Å². The molecule has 2 aromatic rings. The maximum Gasteiger partial charge on any atom is 0.225 e. The van der Waals surface area contributed by atoms with E-state index in [1.54, 1.807) is 28.4 Å². The van der Waals surface area contributed by atoms with E-state index < -0.39 is 0 Å². The number of piperazine rings is 1. The van der Waals surface area contributed by atoms with E-state index in [1.165, 1.54) is 22.3 Å². The number of benzene rings is 2. The van der Waals surface area contributed by atoms with Crippen molar-refractivity contribution in [3.63, 3.8) is 0 Å². The fourth-order valence-electron chi connectivity index (χ4n) is 9.42. The first kappa shape index (κ1) is 34.2. The smallest absolute Gasteiger partial charge is 0.225 e. The standard InChI is InChI=1S/C37H54N6O5/c1-7-40-13-10-24-20-30(45-3)32(47-5)22-27(24)34(40)29-19-26(35(44)41-15-17-42(18-16-41)36(38)39)9-12-37(29)28-23-33(48-6)31(46-4)21-25(28)11-14-43(37)8-2/h20-23,26,29,34H,7-19H2,1-6H3,(H3,38,39). The minimum atomic E-state index is -0.314. The molecular weight excluding hydrogens is 608 g/mol. The van der Waals surface area contributed by atoms with Crippen molar-refractivity contribution in [1.82, 2.24) is 19.6 Å². The third kappa shape index (κ3) is 5.72. The summed E-state index contributed by atoms with van der Waals surface area (Å²) in [5, 5.41) is 7.87. The molecule has 1 saturated carbocycles. The number of nitrogens with two attached hydrogens (primary N) is 1. The molecule has 4 aliphatic rings. The van der Waals surface area contributed by atoms with Gasteiger partial charge >= 0.3 is 0 Å². The predicted molar refractivity (Wildman–Crippen MR) is 186 cm³/mol. The van der Waals surface area contributed by atoms with Crippen LogP contribution in [0.15, 0.2) is 24.3 Å². The summed E-state index contributed by atoms with van der Waals surface area (Å²) in [5.41, 5.74) is 10.6. The molecule has 1 aliphatic carbocycles. The van der Waals surface area contributed by atoms with E-state index in [0.29, 0.717) is 26.2 Å². The number of hydrogen-bond acceptors (Lipinski definition) is 8. The van der Waals surface area contributed by atoms with Crippen LogP contribution in [0.25, 0.3) is 0 Å². The maximum absolute atomic E-state index is 14.4. The average molecular weight is 663 g/mol. The van der Waals surface area contributed by atoms with Crippen LogP contribution in [-0.2, 0) is 23.2 Å². The van der Waals surface area contributed by atoms with Crippen molar-refractivity contribution >= 4 is 11.9 Å². The first-order valence-electron chi connectivity index (χ1n) is 17.6. The molecule has 4 atom stereocenters. The molecule has 11 nitrogen and oxygen atoms in total. The Hall–Kier alpha value is -3.70. The van der Waals surface area contributed by atoms with Crippen molar-refractivity contribution in [2.24, 2.45) is 17.6 Å². The second kappa shape index (κ2) is 14.0. The number of ether oxygens (including phenoxy) is 4. The summed E-state index contributed by atoms with van der Waals surface area (Å²) in [5.74, 6) is 3.32. The predicted octanol–water partition coefficient (Wildman–Crippen LogP) is 3.87. The zero-order valence-electron chi connectivity index (χ0n) is 29.6. The molecule has 3 N–H and O–H groups in total. The molecule has 4 unspecified atom stereocenters. The van der Waals surface area contributed by atoms with Crippen LogP contribution in [0.1, 0.15) is 61.4 Å². The highest BCUT2D eigenvalue weighted by Gasteiger charge is 2.56. The first-order chi connectivity index (χ1) is 23.2. The quantitative estimate of drug-likeness (QED) is 0.321. The molecule has 262 valence electrons. The van der Waals surface area contributed by atoms with E-state index in [0.717, 1.165) is 81.3 Å². The Balaban J connectivity index is 1.50. The first-order valence-corrected chi connectivity index (χ1v) is 17.6. The number of carbonyl (C=O) groups excluding carboxylic acids is 1. The monoisotopic (exact) mass is 662 g/mol. The van der Waals surface area contributed by atoms with Gasteiger partial charge in [-0.2, -0.15) is 0 Å². The Morgan fingerprint density at radius 1 is 0.812 bits per heavy atom. The van der Waals surface area contributed by atoms with Gasteiger partial charge in [-0.05, 0) is 91.7 Å². The van der Waals surface area contributed by atoms with Gasteiger partial charge in [-0.1, -0.05) is 13.8 Å². The molecule has 1 amide bonds. The van der Waals surface area contributed by atoms with Crippen LogP contribution >= 0.6 is 0 Å². The minimum Gasteiger partial charge on any atom is -0.493 e. The highest BCUT2D eigenvalue weighted by Crippen LogP contribution is 2.58. The van der Waals surface area contributed by atoms with Crippen molar-refractivity contribution in [3.05, 3.63) is 46.5 Å². The van der Waals surface area contributed by atoms with Gasteiger partial charge in [0.1, 0.15) is 0 Å². The molecular formula is C37H54N6O5. The van der Waals surface area contributed by atoms with Crippen molar-refractivity contribution in [2.75, 3.05) is 80.8 Å². The van der Waals surface area contributed by atoms with Crippen molar-refractivity contribution in [3.8, 4) is 23.0 Å². The van der Waals surface area contributed by atoms with Crippen LogP contribution in [0.3, 0.4) is 0 Å². The average Bonchev–Trinajstić information content (AvgIpc) is 3.13. The van der Waals surface area contributed by atoms with Gasteiger partial charge in [-0.25, -0.2) is 0 Å². The fraction of sp³-hybridized carbons (Fsp3) is 0.622. The summed E-state index contributed by atoms with van der Waals surface area (Å²) in [6.07, 6.45) is 4.32. The second-order valence-electron chi connectivity index (χ2n) is 13.6. The molecule has 48 heavy (non-hydrogen) atoms. The number of amides is 1. The molecule has 3 heterocycles. The van der Waals surface area contributed by atoms with E-state index in [4.69, 9.17) is 30.1 Å². The molecule has 2 fully saturated rings. The molecule has 3 aliphatic heterocycles. The highest BCUT2D eigenvalue weighted by atomic mass is 16.5. The maximum atomic E-state index is 14.4. The lowest BCUT2D eigenvalue weighted by molar-refractivity contribution is -0.143. The van der Waals surface area contributed by atoms with Gasteiger partial charge in [0, 0.05) is 57.1 Å². The number of carbonyl (C=O) groups is 1. The third-order valence-corrected chi connectivity index (χ3v) is 11.8. The van der Waals surface area contributed by atoms with Gasteiger partial charge in [-0.3, -0.25) is 20.0 Å². The van der Waals surface area contributed by atoms with E-state index >= 15 is 0 Å². The lowest BCUT2D eigenvalue weighted by Crippen LogP contribution is -2.61. The number of nitrogens with zero attached hydrogens (tertiary/aromatic N) is 4. The number of guanidine groups is 1. The molecule has 0 bridgehead atoms. The highest BCUT2D eigenvalue weighted by molar-refractivity contribution is 5.80. The molecule has 1 saturated heterocycles. The largest absolute Gasteiger partial charge is 0.493 e. The Morgan fingerprint density at radius 3 is 2.00 bits per heavy atom.